The van der Waals surface area contributed by atoms with Crippen molar-refractivity contribution in [1.29, 1.82) is 0 Å². The van der Waals surface area contributed by atoms with E-state index in [9.17, 15) is 9.50 Å². The Bertz CT molecular complexity index is 99.9. The minimum Gasteiger partial charge on any atom is -0.387 e. The number of aliphatic hydroxyl groups excluding tert-OH is 1. The molecular weight excluding hydrogens is 267 g/mol. The molecule has 1 nitrogen and oxygen atoms in total. The lowest BCUT2D eigenvalue weighted by Crippen LogP contribution is -2.37. The highest BCUT2D eigenvalue weighted by Crippen LogP contribution is 2.39. The summed E-state index contributed by atoms with van der Waals surface area (Å²) in [5, 5.41) is 9.25. The Labute approximate surface area is 77.3 Å². The number of alkyl halides is 3. The molecule has 0 aliphatic rings. The molecule has 0 heterocycles. The van der Waals surface area contributed by atoms with Gasteiger partial charge in [-0.05, 0) is 37.3 Å². The van der Waals surface area contributed by atoms with Gasteiger partial charge in [0.05, 0.1) is 0 Å². The van der Waals surface area contributed by atoms with Gasteiger partial charge in [-0.3, -0.25) is 0 Å². The van der Waals surface area contributed by atoms with Gasteiger partial charge in [0.1, 0.15) is 6.10 Å². The molecule has 0 aromatic carbocycles. The van der Waals surface area contributed by atoms with Crippen LogP contribution in [0.2, 0.25) is 0 Å². The molecule has 0 radical (unpaired) electrons. The van der Waals surface area contributed by atoms with Crippen molar-refractivity contribution >= 4 is 31.9 Å². The maximum Gasteiger partial charge on any atom is 0.244 e. The Morgan fingerprint density at radius 2 is 1.60 bits per heavy atom. The second kappa shape index (κ2) is 3.07. The Balaban J connectivity index is 4.23. The molecule has 0 aromatic heterocycles. The lowest BCUT2D eigenvalue weighted by molar-refractivity contribution is 0.0206. The lowest BCUT2D eigenvalue weighted by atomic mass is 9.90. The first-order valence-electron chi connectivity index (χ1n) is 2.90. The molecule has 0 saturated carbocycles. The minimum atomic E-state index is -1.88. The molecule has 0 amide bonds. The van der Waals surface area contributed by atoms with Gasteiger partial charge in [0, 0.05) is 0 Å². The Kier molecular flexibility index (Phi) is 3.33. The number of aliphatic hydroxyl groups is 1. The summed E-state index contributed by atoms with van der Waals surface area (Å²) >= 11 is 5.36. The first kappa shape index (κ1) is 10.8. The third-order valence-corrected chi connectivity index (χ3v) is 2.00. The van der Waals surface area contributed by atoms with Crippen molar-refractivity contribution < 1.29 is 9.50 Å². The normalized spacial score (nSPS) is 17.1. The van der Waals surface area contributed by atoms with E-state index in [4.69, 9.17) is 0 Å². The monoisotopic (exact) mass is 276 g/mol. The van der Waals surface area contributed by atoms with Gasteiger partial charge in [-0.1, -0.05) is 20.8 Å². The molecule has 0 saturated heterocycles. The predicted octanol–water partition coefficient (Wildman–Crippen LogP) is 2.81. The van der Waals surface area contributed by atoms with Gasteiger partial charge in [0.2, 0.25) is 3.49 Å². The van der Waals surface area contributed by atoms with Gasteiger partial charge < -0.3 is 5.11 Å². The first-order chi connectivity index (χ1) is 4.15. The van der Waals surface area contributed by atoms with E-state index in [0.29, 0.717) is 0 Å². The fourth-order valence-corrected chi connectivity index (χ4v) is 1.86. The van der Waals surface area contributed by atoms with Crippen LogP contribution in [0.5, 0.6) is 0 Å². The molecular formula is C6H11Br2FO. The minimum absolute atomic E-state index is 0.470. The molecule has 1 N–H and O–H groups in total. The fraction of sp³-hybridized carbons (Fsp3) is 1.00. The van der Waals surface area contributed by atoms with Gasteiger partial charge in [-0.15, -0.1) is 0 Å². The number of hydrogen-bond donors (Lipinski definition) is 1. The van der Waals surface area contributed by atoms with Gasteiger partial charge in [0.25, 0.3) is 0 Å². The Morgan fingerprint density at radius 3 is 1.60 bits per heavy atom. The van der Waals surface area contributed by atoms with Crippen LogP contribution in [0.1, 0.15) is 20.8 Å². The van der Waals surface area contributed by atoms with Crippen LogP contribution in [0.15, 0.2) is 0 Å². The van der Waals surface area contributed by atoms with E-state index in [1.807, 2.05) is 0 Å². The summed E-state index contributed by atoms with van der Waals surface area (Å²) in [7, 11) is 0. The summed E-state index contributed by atoms with van der Waals surface area (Å²) in [6, 6.07) is 0. The summed E-state index contributed by atoms with van der Waals surface area (Å²) in [5.74, 6) is 0. The van der Waals surface area contributed by atoms with Crippen molar-refractivity contribution in [1.82, 2.24) is 0 Å². The largest absolute Gasteiger partial charge is 0.387 e. The maximum absolute atomic E-state index is 12.9. The number of hydrogen-bond acceptors (Lipinski definition) is 1. The van der Waals surface area contributed by atoms with E-state index in [-0.39, 0.29) is 0 Å². The van der Waals surface area contributed by atoms with Crippen LogP contribution in [0, 0.1) is 5.41 Å². The smallest absolute Gasteiger partial charge is 0.244 e. The molecule has 1 atom stereocenters. The molecule has 0 aromatic rings. The zero-order chi connectivity index (χ0) is 8.58. The highest BCUT2D eigenvalue weighted by atomic mass is 79.9. The lowest BCUT2D eigenvalue weighted by Gasteiger charge is -2.30. The van der Waals surface area contributed by atoms with Crippen molar-refractivity contribution in [3.63, 3.8) is 0 Å². The van der Waals surface area contributed by atoms with Gasteiger partial charge in [0.15, 0.2) is 0 Å². The summed E-state index contributed by atoms with van der Waals surface area (Å²) in [5.41, 5.74) is -0.470. The highest BCUT2D eigenvalue weighted by molar-refractivity contribution is 9.25. The predicted molar refractivity (Wildman–Crippen MR) is 47.2 cm³/mol. The zero-order valence-corrected chi connectivity index (χ0v) is 9.33. The fourth-order valence-electron chi connectivity index (χ4n) is 0.491. The van der Waals surface area contributed by atoms with Crippen LogP contribution in [-0.4, -0.2) is 14.7 Å². The molecule has 0 aliphatic heterocycles. The Hall–Kier alpha value is 0.850. The summed E-state index contributed by atoms with van der Waals surface area (Å²) in [4.78, 5) is 0. The van der Waals surface area contributed by atoms with Crippen LogP contribution >= 0.6 is 31.9 Å². The van der Waals surface area contributed by atoms with E-state index in [1.165, 1.54) is 0 Å². The Morgan fingerprint density at radius 1 is 1.30 bits per heavy atom. The molecule has 0 rings (SSSR count). The van der Waals surface area contributed by atoms with Crippen LogP contribution < -0.4 is 0 Å². The van der Waals surface area contributed by atoms with Crippen LogP contribution in [0.4, 0.5) is 4.39 Å². The van der Waals surface area contributed by atoms with E-state index in [0.717, 1.165) is 0 Å². The van der Waals surface area contributed by atoms with Crippen molar-refractivity contribution in [2.75, 3.05) is 0 Å². The molecule has 1 unspecified atom stereocenters. The van der Waals surface area contributed by atoms with E-state index >= 15 is 0 Å². The zero-order valence-electron chi connectivity index (χ0n) is 6.16. The average molecular weight is 278 g/mol. The molecule has 0 aliphatic carbocycles. The molecule has 10 heavy (non-hydrogen) atoms. The number of halogens is 3. The summed E-state index contributed by atoms with van der Waals surface area (Å²) < 4.78 is 11.0. The average Bonchev–Trinajstić information content (AvgIpc) is 1.59. The van der Waals surface area contributed by atoms with Gasteiger partial charge >= 0.3 is 0 Å². The molecule has 0 spiro atoms. The second-order valence-corrected chi connectivity index (χ2v) is 6.68. The summed E-state index contributed by atoms with van der Waals surface area (Å²) in [6.45, 7) is 5.28. The third-order valence-electron chi connectivity index (χ3n) is 1.13. The molecule has 4 heteroatoms. The molecule has 0 bridgehead atoms. The van der Waals surface area contributed by atoms with E-state index in [1.54, 1.807) is 20.8 Å². The standard InChI is InChI=1S/C6H11Br2FO/c1-5(2,3)4(10)6(7,8)9/h4,10H,1-3H3. The third kappa shape index (κ3) is 3.30. The van der Waals surface area contributed by atoms with Crippen molar-refractivity contribution in [2.24, 2.45) is 5.41 Å². The van der Waals surface area contributed by atoms with Crippen molar-refractivity contribution in [3.05, 3.63) is 0 Å². The van der Waals surface area contributed by atoms with Gasteiger partial charge in [-0.25, -0.2) is 4.39 Å². The first-order valence-corrected chi connectivity index (χ1v) is 4.49. The SMILES string of the molecule is CC(C)(C)C(O)C(F)(Br)Br. The second-order valence-electron chi connectivity index (χ2n) is 3.31. The van der Waals surface area contributed by atoms with Crippen LogP contribution in [-0.2, 0) is 0 Å². The summed E-state index contributed by atoms with van der Waals surface area (Å²) in [6.07, 6.45) is -1.07. The van der Waals surface area contributed by atoms with Gasteiger partial charge in [-0.2, -0.15) is 0 Å². The van der Waals surface area contributed by atoms with Crippen molar-refractivity contribution in [2.45, 2.75) is 30.4 Å². The molecule has 62 valence electrons. The molecule has 0 fully saturated rings. The highest BCUT2D eigenvalue weighted by Gasteiger charge is 2.40. The van der Waals surface area contributed by atoms with Crippen LogP contribution in [0.25, 0.3) is 0 Å². The van der Waals surface area contributed by atoms with E-state index < -0.39 is 15.0 Å². The quantitative estimate of drug-likeness (QED) is 0.731. The van der Waals surface area contributed by atoms with Crippen molar-refractivity contribution in [3.8, 4) is 0 Å². The maximum atomic E-state index is 12.9. The van der Waals surface area contributed by atoms with Crippen LogP contribution in [0.3, 0.4) is 0 Å². The number of rotatable bonds is 1. The van der Waals surface area contributed by atoms with E-state index in [2.05, 4.69) is 31.9 Å². The topological polar surface area (TPSA) is 20.2 Å².